The van der Waals surface area contributed by atoms with Crippen LogP contribution in [-0.4, -0.2) is 51.9 Å². The van der Waals surface area contributed by atoms with E-state index in [0.717, 1.165) is 31.5 Å². The molecule has 6 nitrogen and oxygen atoms in total. The molecule has 2 aliphatic heterocycles. The second-order valence-electron chi connectivity index (χ2n) is 7.98. The molecular formula is C20H34N4O2. The minimum absolute atomic E-state index is 0.117. The lowest BCUT2D eigenvalue weighted by Gasteiger charge is -2.33. The van der Waals surface area contributed by atoms with Crippen LogP contribution in [0, 0.1) is 6.92 Å². The summed E-state index contributed by atoms with van der Waals surface area (Å²) in [5.41, 5.74) is 12.3. The van der Waals surface area contributed by atoms with Crippen molar-refractivity contribution in [2.45, 2.75) is 70.7 Å². The minimum Gasteiger partial charge on any atom is -0.392 e. The van der Waals surface area contributed by atoms with Crippen molar-refractivity contribution in [2.24, 2.45) is 5.73 Å². The predicted molar refractivity (Wildman–Crippen MR) is 104 cm³/mol. The molecule has 1 unspecified atom stereocenters. The lowest BCUT2D eigenvalue weighted by Crippen LogP contribution is -2.45. The van der Waals surface area contributed by atoms with E-state index < -0.39 is 0 Å². The van der Waals surface area contributed by atoms with Crippen molar-refractivity contribution in [1.82, 2.24) is 15.2 Å². The molecule has 3 atom stereocenters. The standard InChI is InChI=1S/C20H34N4O2/c1-13-9-18-19(22-13)17(14(2)23-20(18)21)7-5-3-4-6-8-24-11-15(25)10-16(26)12-24/h9,15-16,20,22-23,25-26H,3-8,10-12,21H2,1-2H3/t15-,16-,20?/m1/s1. The number of aliphatic hydroxyl groups excluding tert-OH is 2. The van der Waals surface area contributed by atoms with Gasteiger partial charge in [0.2, 0.25) is 0 Å². The molecule has 3 rings (SSSR count). The normalized spacial score (nSPS) is 26.7. The first-order valence-corrected chi connectivity index (χ1v) is 9.94. The van der Waals surface area contributed by atoms with E-state index in [-0.39, 0.29) is 18.4 Å². The molecule has 6 heteroatoms. The third-order valence-corrected chi connectivity index (χ3v) is 5.58. The molecule has 1 saturated heterocycles. The van der Waals surface area contributed by atoms with Crippen LogP contribution in [0.25, 0.3) is 5.57 Å². The summed E-state index contributed by atoms with van der Waals surface area (Å²) >= 11 is 0. The van der Waals surface area contributed by atoms with E-state index in [9.17, 15) is 10.2 Å². The number of rotatable bonds is 7. The third-order valence-electron chi connectivity index (χ3n) is 5.58. The van der Waals surface area contributed by atoms with E-state index in [1.54, 1.807) is 0 Å². The molecule has 1 aromatic heterocycles. The SMILES string of the molecule is CC1=C(CCCCCCN2C[C@H](O)C[C@@H](O)C2)c2[nH]c(C)cc2C(N)N1. The average Bonchev–Trinajstić information content (AvgIpc) is 2.94. The topological polar surface area (TPSA) is 97.5 Å². The van der Waals surface area contributed by atoms with Crippen molar-refractivity contribution in [1.29, 1.82) is 0 Å². The zero-order valence-electron chi connectivity index (χ0n) is 16.1. The highest BCUT2D eigenvalue weighted by Gasteiger charge is 2.24. The van der Waals surface area contributed by atoms with Crippen molar-refractivity contribution < 1.29 is 10.2 Å². The van der Waals surface area contributed by atoms with Crippen molar-refractivity contribution in [3.05, 3.63) is 28.7 Å². The lowest BCUT2D eigenvalue weighted by atomic mass is 9.95. The number of likely N-dealkylation sites (tertiary alicyclic amines) is 1. The van der Waals surface area contributed by atoms with Crippen molar-refractivity contribution in [3.63, 3.8) is 0 Å². The number of aliphatic hydroxyl groups is 2. The number of nitrogens with two attached hydrogens (primary N) is 1. The summed E-state index contributed by atoms with van der Waals surface area (Å²) < 4.78 is 0. The number of hydrogen-bond donors (Lipinski definition) is 5. The molecule has 0 bridgehead atoms. The van der Waals surface area contributed by atoms with Crippen LogP contribution in [-0.2, 0) is 0 Å². The van der Waals surface area contributed by atoms with Crippen LogP contribution in [0.4, 0.5) is 0 Å². The first kappa shape index (κ1) is 19.4. The second-order valence-corrected chi connectivity index (χ2v) is 7.98. The van der Waals surface area contributed by atoms with Gasteiger partial charge in [0.1, 0.15) is 6.17 Å². The molecule has 6 N–H and O–H groups in total. The van der Waals surface area contributed by atoms with Gasteiger partial charge in [-0.1, -0.05) is 12.8 Å². The molecule has 0 saturated carbocycles. The number of aryl methyl sites for hydroxylation is 1. The van der Waals surface area contributed by atoms with Crippen molar-refractivity contribution in [3.8, 4) is 0 Å². The monoisotopic (exact) mass is 362 g/mol. The molecule has 0 aromatic carbocycles. The van der Waals surface area contributed by atoms with E-state index in [1.165, 1.54) is 35.4 Å². The summed E-state index contributed by atoms with van der Waals surface area (Å²) in [6.45, 7) is 6.55. The maximum atomic E-state index is 9.74. The predicted octanol–water partition coefficient (Wildman–Crippen LogP) is 1.99. The summed E-state index contributed by atoms with van der Waals surface area (Å²) in [7, 11) is 0. The van der Waals surface area contributed by atoms with Gasteiger partial charge in [0.05, 0.1) is 12.2 Å². The Hall–Kier alpha value is -1.34. The molecule has 0 radical (unpaired) electrons. The van der Waals surface area contributed by atoms with Gasteiger partial charge in [0.25, 0.3) is 0 Å². The number of allylic oxidation sites excluding steroid dienone is 2. The number of H-pyrrole nitrogens is 1. The summed E-state index contributed by atoms with van der Waals surface area (Å²) in [5, 5.41) is 22.9. The van der Waals surface area contributed by atoms with E-state index in [4.69, 9.17) is 5.73 Å². The number of hydrogen-bond acceptors (Lipinski definition) is 5. The molecule has 3 heterocycles. The van der Waals surface area contributed by atoms with Crippen molar-refractivity contribution >= 4 is 5.57 Å². The van der Waals surface area contributed by atoms with Gasteiger partial charge in [-0.05, 0) is 51.3 Å². The van der Waals surface area contributed by atoms with E-state index in [2.05, 4.69) is 35.1 Å². The van der Waals surface area contributed by atoms with Gasteiger partial charge in [-0.3, -0.25) is 4.90 Å². The number of unbranched alkanes of at least 4 members (excludes halogenated alkanes) is 3. The summed E-state index contributed by atoms with van der Waals surface area (Å²) in [6.07, 6.45) is 5.35. The van der Waals surface area contributed by atoms with Crippen LogP contribution in [0.1, 0.15) is 68.6 Å². The fraction of sp³-hybridized carbons (Fsp3) is 0.700. The smallest absolute Gasteiger partial charge is 0.102 e. The molecule has 26 heavy (non-hydrogen) atoms. The quantitative estimate of drug-likeness (QED) is 0.478. The zero-order valence-corrected chi connectivity index (χ0v) is 16.1. The highest BCUT2D eigenvalue weighted by atomic mass is 16.3. The molecule has 2 aliphatic rings. The number of aromatic nitrogens is 1. The molecule has 1 fully saturated rings. The number of piperidine rings is 1. The van der Waals surface area contributed by atoms with Gasteiger partial charge in [-0.25, -0.2) is 0 Å². The van der Waals surface area contributed by atoms with Crippen LogP contribution >= 0.6 is 0 Å². The van der Waals surface area contributed by atoms with Crippen molar-refractivity contribution in [2.75, 3.05) is 19.6 Å². The average molecular weight is 363 g/mol. The molecule has 0 spiro atoms. The highest BCUT2D eigenvalue weighted by molar-refractivity contribution is 5.71. The maximum absolute atomic E-state index is 9.74. The number of β-amino-alcohol motifs (C(OH)–C–C–N with tert-alkyl or cyclic N) is 2. The summed E-state index contributed by atoms with van der Waals surface area (Å²) in [6, 6.07) is 2.14. The first-order valence-electron chi connectivity index (χ1n) is 9.94. The van der Waals surface area contributed by atoms with Gasteiger partial charge in [0.15, 0.2) is 0 Å². The van der Waals surface area contributed by atoms with Crippen LogP contribution in [0.3, 0.4) is 0 Å². The van der Waals surface area contributed by atoms with Crippen LogP contribution in [0.15, 0.2) is 11.8 Å². The largest absolute Gasteiger partial charge is 0.392 e. The van der Waals surface area contributed by atoms with Crippen LogP contribution in [0.5, 0.6) is 0 Å². The first-order chi connectivity index (χ1) is 12.4. The second kappa shape index (κ2) is 8.57. The Balaban J connectivity index is 1.40. The summed E-state index contributed by atoms with van der Waals surface area (Å²) in [4.78, 5) is 5.67. The molecule has 0 amide bonds. The Bertz CT molecular complexity index is 630. The fourth-order valence-corrected chi connectivity index (χ4v) is 4.31. The van der Waals surface area contributed by atoms with Gasteiger partial charge in [0, 0.05) is 42.2 Å². The number of fused-ring (bicyclic) bond motifs is 1. The Kier molecular flexibility index (Phi) is 6.40. The highest BCUT2D eigenvalue weighted by Crippen LogP contribution is 2.33. The Morgan fingerprint density at radius 1 is 1.12 bits per heavy atom. The molecule has 146 valence electrons. The zero-order chi connectivity index (χ0) is 18.7. The van der Waals surface area contributed by atoms with Gasteiger partial charge >= 0.3 is 0 Å². The number of nitrogens with one attached hydrogen (secondary N) is 2. The van der Waals surface area contributed by atoms with Gasteiger partial charge in [-0.15, -0.1) is 0 Å². The van der Waals surface area contributed by atoms with E-state index >= 15 is 0 Å². The van der Waals surface area contributed by atoms with E-state index in [0.29, 0.717) is 19.5 Å². The molecule has 0 aliphatic carbocycles. The Morgan fingerprint density at radius 3 is 2.54 bits per heavy atom. The summed E-state index contributed by atoms with van der Waals surface area (Å²) in [5.74, 6) is 0. The van der Waals surface area contributed by atoms with E-state index in [1.807, 2.05) is 0 Å². The Morgan fingerprint density at radius 2 is 1.81 bits per heavy atom. The Labute approximate surface area is 156 Å². The minimum atomic E-state index is -0.378. The number of nitrogens with zero attached hydrogens (tertiary/aromatic N) is 1. The molecule has 1 aromatic rings. The maximum Gasteiger partial charge on any atom is 0.102 e. The fourth-order valence-electron chi connectivity index (χ4n) is 4.31. The van der Waals surface area contributed by atoms with Crippen LogP contribution < -0.4 is 11.1 Å². The van der Waals surface area contributed by atoms with Gasteiger partial charge < -0.3 is 26.2 Å². The van der Waals surface area contributed by atoms with Crippen LogP contribution in [0.2, 0.25) is 0 Å². The lowest BCUT2D eigenvalue weighted by molar-refractivity contribution is -0.00838. The van der Waals surface area contributed by atoms with Gasteiger partial charge in [-0.2, -0.15) is 0 Å². The third kappa shape index (κ3) is 4.68. The number of aromatic amines is 1. The molecular weight excluding hydrogens is 328 g/mol.